The number of allylic oxidation sites excluding steroid dienone is 5. The van der Waals surface area contributed by atoms with Crippen molar-refractivity contribution in [2.24, 2.45) is 5.41 Å². The Labute approximate surface area is 174 Å². The van der Waals surface area contributed by atoms with Gasteiger partial charge in [0.05, 0.1) is 6.61 Å². The SMILES string of the molecule is CCCOC1(OC2=[C-]CC=C2)CC=C(C)C=C1C(C)(C)C.[Cl-].[Cl-].[Ti+3]. The van der Waals surface area contributed by atoms with Crippen LogP contribution in [0.4, 0.5) is 0 Å². The second-order valence-corrected chi connectivity index (χ2v) is 6.81. The standard InChI is InChI=1S/C19H27O2.2ClH.Ti/c1-6-13-20-19(21-16-9-7-8-10-16)12-11-15(2)14-17(19)18(3,4)5;;;/h7,9,11,14H,6,8,12-13H2,1-5H3;2*1H;/q-1;;;+3/p-2. The first kappa shape index (κ1) is 26.2. The van der Waals surface area contributed by atoms with E-state index >= 15 is 0 Å². The smallest absolute Gasteiger partial charge is 1.00 e. The van der Waals surface area contributed by atoms with Gasteiger partial charge in [-0.2, -0.15) is 12.2 Å². The zero-order valence-electron chi connectivity index (χ0n) is 15.2. The van der Waals surface area contributed by atoms with E-state index in [0.717, 1.165) is 25.0 Å². The van der Waals surface area contributed by atoms with E-state index in [9.17, 15) is 0 Å². The molecule has 0 saturated carbocycles. The van der Waals surface area contributed by atoms with Gasteiger partial charge in [-0.1, -0.05) is 45.4 Å². The maximum Gasteiger partial charge on any atom is 3.00 e. The number of hydrogen-bond donors (Lipinski definition) is 0. The predicted octanol–water partition coefficient (Wildman–Crippen LogP) is -0.899. The number of hydrogen-bond acceptors (Lipinski definition) is 2. The average Bonchev–Trinajstić information content (AvgIpc) is 2.91. The fourth-order valence-electron chi connectivity index (χ4n) is 2.75. The van der Waals surface area contributed by atoms with E-state index in [1.54, 1.807) is 0 Å². The van der Waals surface area contributed by atoms with Gasteiger partial charge in [-0.3, -0.25) is 0 Å². The molecule has 24 heavy (non-hydrogen) atoms. The Morgan fingerprint density at radius 2 is 1.92 bits per heavy atom. The summed E-state index contributed by atoms with van der Waals surface area (Å²) in [6.45, 7) is 11.6. The third kappa shape index (κ3) is 6.39. The summed E-state index contributed by atoms with van der Waals surface area (Å²) in [6.07, 6.45) is 14.3. The Morgan fingerprint density at radius 3 is 2.42 bits per heavy atom. The Kier molecular flexibility index (Phi) is 11.9. The summed E-state index contributed by atoms with van der Waals surface area (Å²) in [5, 5.41) is 0. The molecule has 0 aliphatic heterocycles. The zero-order chi connectivity index (χ0) is 15.5. The Balaban J connectivity index is 0. The van der Waals surface area contributed by atoms with Gasteiger partial charge >= 0.3 is 21.7 Å². The first-order valence-electron chi connectivity index (χ1n) is 7.87. The monoisotopic (exact) mass is 405 g/mol. The summed E-state index contributed by atoms with van der Waals surface area (Å²) < 4.78 is 12.6. The molecule has 0 heterocycles. The summed E-state index contributed by atoms with van der Waals surface area (Å²) in [7, 11) is 0. The fourth-order valence-corrected chi connectivity index (χ4v) is 2.75. The van der Waals surface area contributed by atoms with Gasteiger partial charge in [0.2, 0.25) is 5.79 Å². The van der Waals surface area contributed by atoms with Crippen LogP contribution >= 0.6 is 0 Å². The first-order chi connectivity index (χ1) is 9.87. The first-order valence-corrected chi connectivity index (χ1v) is 7.87. The molecule has 0 spiro atoms. The summed E-state index contributed by atoms with van der Waals surface area (Å²) in [5.41, 5.74) is 2.48. The van der Waals surface area contributed by atoms with E-state index in [1.807, 2.05) is 6.08 Å². The number of halogens is 2. The van der Waals surface area contributed by atoms with Gasteiger partial charge in [0.25, 0.3) is 0 Å². The van der Waals surface area contributed by atoms with Gasteiger partial charge in [0.15, 0.2) is 0 Å². The second kappa shape index (κ2) is 10.9. The van der Waals surface area contributed by atoms with Gasteiger partial charge < -0.3 is 34.3 Å². The van der Waals surface area contributed by atoms with E-state index in [2.05, 4.69) is 58.9 Å². The molecule has 133 valence electrons. The molecule has 2 rings (SSSR count). The van der Waals surface area contributed by atoms with E-state index in [0.29, 0.717) is 6.61 Å². The van der Waals surface area contributed by atoms with Crippen LogP contribution in [0.1, 0.15) is 53.9 Å². The Hall–Kier alpha value is 0.0143. The largest absolute Gasteiger partial charge is 3.00 e. The molecule has 1 unspecified atom stereocenters. The van der Waals surface area contributed by atoms with Crippen molar-refractivity contribution in [1.29, 1.82) is 0 Å². The Bertz CT molecular complexity index is 516. The molecule has 0 saturated heterocycles. The molecular weight excluding hydrogens is 379 g/mol. The summed E-state index contributed by atoms with van der Waals surface area (Å²) in [6, 6.07) is 0. The summed E-state index contributed by atoms with van der Waals surface area (Å²) >= 11 is 0. The summed E-state index contributed by atoms with van der Waals surface area (Å²) in [5.74, 6) is 0.110. The van der Waals surface area contributed by atoms with E-state index in [4.69, 9.17) is 9.47 Å². The third-order valence-electron chi connectivity index (χ3n) is 3.76. The molecule has 5 heteroatoms. The fraction of sp³-hybridized carbons (Fsp3) is 0.579. The van der Waals surface area contributed by atoms with Gasteiger partial charge in [-0.15, -0.1) is 6.42 Å². The van der Waals surface area contributed by atoms with Crippen LogP contribution in [0.3, 0.4) is 0 Å². The van der Waals surface area contributed by atoms with Crippen LogP contribution < -0.4 is 24.8 Å². The van der Waals surface area contributed by atoms with Gasteiger partial charge in [0, 0.05) is 12.0 Å². The topological polar surface area (TPSA) is 18.5 Å². The van der Waals surface area contributed by atoms with Crippen molar-refractivity contribution in [3.8, 4) is 0 Å². The quantitative estimate of drug-likeness (QED) is 0.335. The zero-order valence-corrected chi connectivity index (χ0v) is 18.3. The minimum absolute atomic E-state index is 0. The molecule has 1 radical (unpaired) electrons. The molecule has 0 bridgehead atoms. The van der Waals surface area contributed by atoms with E-state index in [1.165, 1.54) is 11.1 Å². The molecule has 2 nitrogen and oxygen atoms in total. The van der Waals surface area contributed by atoms with Crippen molar-refractivity contribution >= 4 is 0 Å². The van der Waals surface area contributed by atoms with Crippen molar-refractivity contribution in [2.75, 3.05) is 6.61 Å². The van der Waals surface area contributed by atoms with Crippen LogP contribution in [-0.4, -0.2) is 12.4 Å². The average molecular weight is 406 g/mol. The number of ether oxygens (including phenoxy) is 2. The van der Waals surface area contributed by atoms with Crippen LogP contribution in [-0.2, 0) is 31.2 Å². The minimum Gasteiger partial charge on any atom is -1.00 e. The van der Waals surface area contributed by atoms with Gasteiger partial charge in [0.1, 0.15) is 0 Å². The minimum atomic E-state index is -0.690. The molecule has 0 amide bonds. The van der Waals surface area contributed by atoms with Gasteiger partial charge in [-0.05, 0) is 24.5 Å². The molecule has 0 aromatic rings. The van der Waals surface area contributed by atoms with Crippen molar-refractivity contribution in [3.63, 3.8) is 0 Å². The maximum atomic E-state index is 6.31. The normalized spacial score (nSPS) is 22.3. The third-order valence-corrected chi connectivity index (χ3v) is 3.76. The number of rotatable bonds is 5. The molecule has 0 N–H and O–H groups in total. The molecular formula is C19H27Cl2O2Ti. The predicted molar refractivity (Wildman–Crippen MR) is 86.5 cm³/mol. The maximum absolute atomic E-state index is 6.31. The van der Waals surface area contributed by atoms with E-state index in [-0.39, 0.29) is 51.9 Å². The van der Waals surface area contributed by atoms with Crippen molar-refractivity contribution < 1.29 is 56.0 Å². The van der Waals surface area contributed by atoms with Crippen LogP contribution in [0.5, 0.6) is 0 Å². The molecule has 0 aromatic heterocycles. The Morgan fingerprint density at radius 1 is 1.25 bits per heavy atom. The molecule has 2 aliphatic rings. The summed E-state index contributed by atoms with van der Waals surface area (Å²) in [4.78, 5) is 0. The van der Waals surface area contributed by atoms with Crippen LogP contribution in [0, 0.1) is 11.5 Å². The van der Waals surface area contributed by atoms with Crippen molar-refractivity contribution in [3.05, 3.63) is 47.3 Å². The van der Waals surface area contributed by atoms with Crippen molar-refractivity contribution in [1.82, 2.24) is 0 Å². The van der Waals surface area contributed by atoms with Crippen LogP contribution in [0.2, 0.25) is 0 Å². The molecule has 1 atom stereocenters. The molecule has 0 aromatic carbocycles. The van der Waals surface area contributed by atoms with Gasteiger partial charge in [-0.25, -0.2) is 6.08 Å². The van der Waals surface area contributed by atoms with Crippen molar-refractivity contribution in [2.45, 2.75) is 59.7 Å². The van der Waals surface area contributed by atoms with Crippen LogP contribution in [0.25, 0.3) is 0 Å². The van der Waals surface area contributed by atoms with E-state index < -0.39 is 5.79 Å². The molecule has 2 aliphatic carbocycles. The van der Waals surface area contributed by atoms with Crippen LogP contribution in [0.15, 0.2) is 41.2 Å². The second-order valence-electron chi connectivity index (χ2n) is 6.81. The molecule has 0 fully saturated rings.